The number of nitrogens with zero attached hydrogens (tertiary/aromatic N) is 1. The van der Waals surface area contributed by atoms with Crippen LogP contribution in [0.25, 0.3) is 0 Å². The fourth-order valence-electron chi connectivity index (χ4n) is 1.56. The van der Waals surface area contributed by atoms with Crippen LogP contribution in [-0.2, 0) is 15.6 Å². The Balaban J connectivity index is 2.53. The fraction of sp³-hybridized carbons (Fsp3) is 0.0909. The highest BCUT2D eigenvalue weighted by Gasteiger charge is 2.27. The van der Waals surface area contributed by atoms with Gasteiger partial charge in [0.2, 0.25) is 0 Å². The Morgan fingerprint density at radius 3 is 2.60 bits per heavy atom. The SMILES string of the molecule is O=C(O)c1c(F)ccc(S(=O)(=O)Cc2cnoc2)c1F. The molecule has 20 heavy (non-hydrogen) atoms. The van der Waals surface area contributed by atoms with E-state index in [4.69, 9.17) is 5.11 Å². The number of carboxylic acids is 1. The molecule has 1 heterocycles. The lowest BCUT2D eigenvalue weighted by atomic mass is 10.2. The number of aromatic nitrogens is 1. The molecule has 1 aromatic heterocycles. The van der Waals surface area contributed by atoms with Gasteiger partial charge >= 0.3 is 5.97 Å². The highest BCUT2D eigenvalue weighted by atomic mass is 32.2. The van der Waals surface area contributed by atoms with Crippen LogP contribution in [-0.4, -0.2) is 24.7 Å². The largest absolute Gasteiger partial charge is 0.477 e. The van der Waals surface area contributed by atoms with Crippen molar-refractivity contribution in [1.29, 1.82) is 0 Å². The standard InChI is InChI=1S/C11H7F2NO5S/c12-7-1-2-8(10(13)9(7)11(15)16)20(17,18)5-6-3-14-19-4-6/h1-4H,5H2,(H,15,16). The second-order valence-corrected chi connectivity index (χ2v) is 5.79. The number of carboxylic acid groups (broad SMARTS) is 1. The first kappa shape index (κ1) is 14.1. The molecule has 0 atom stereocenters. The summed E-state index contributed by atoms with van der Waals surface area (Å²) in [4.78, 5) is 9.85. The molecule has 2 aromatic rings. The molecule has 0 spiro atoms. The van der Waals surface area contributed by atoms with Crippen molar-refractivity contribution in [3.8, 4) is 0 Å². The number of rotatable bonds is 4. The van der Waals surface area contributed by atoms with Crippen molar-refractivity contribution in [2.75, 3.05) is 0 Å². The van der Waals surface area contributed by atoms with Gasteiger partial charge in [0, 0.05) is 5.56 Å². The molecule has 0 radical (unpaired) electrons. The molecule has 0 aliphatic heterocycles. The number of halogens is 2. The molecule has 2 rings (SSSR count). The zero-order valence-corrected chi connectivity index (χ0v) is 10.5. The Labute approximate surface area is 111 Å². The Morgan fingerprint density at radius 2 is 2.05 bits per heavy atom. The van der Waals surface area contributed by atoms with E-state index in [-0.39, 0.29) is 5.56 Å². The minimum absolute atomic E-state index is 0.158. The van der Waals surface area contributed by atoms with Crippen molar-refractivity contribution in [3.05, 3.63) is 47.4 Å². The quantitative estimate of drug-likeness (QED) is 0.862. The number of hydrogen-bond donors (Lipinski definition) is 1. The molecule has 0 bridgehead atoms. The van der Waals surface area contributed by atoms with E-state index in [2.05, 4.69) is 9.68 Å². The number of carbonyl (C=O) groups is 1. The van der Waals surface area contributed by atoms with E-state index < -0.39 is 43.7 Å². The molecule has 0 saturated carbocycles. The van der Waals surface area contributed by atoms with Crippen LogP contribution < -0.4 is 0 Å². The molecule has 106 valence electrons. The van der Waals surface area contributed by atoms with Gasteiger partial charge in [-0.05, 0) is 12.1 Å². The lowest BCUT2D eigenvalue weighted by Crippen LogP contribution is -2.12. The molecule has 0 aliphatic carbocycles. The maximum atomic E-state index is 13.9. The van der Waals surface area contributed by atoms with E-state index in [0.717, 1.165) is 12.5 Å². The van der Waals surface area contributed by atoms with Gasteiger partial charge in [0.25, 0.3) is 0 Å². The number of aromatic carboxylic acids is 1. The first-order valence-corrected chi connectivity index (χ1v) is 6.80. The van der Waals surface area contributed by atoms with Crippen LogP contribution in [0.15, 0.2) is 34.0 Å². The monoisotopic (exact) mass is 303 g/mol. The number of sulfone groups is 1. The van der Waals surface area contributed by atoms with Gasteiger partial charge in [-0.2, -0.15) is 0 Å². The maximum Gasteiger partial charge on any atom is 0.341 e. The minimum Gasteiger partial charge on any atom is -0.477 e. The predicted octanol–water partition coefficient (Wildman–Crippen LogP) is 1.62. The smallest absolute Gasteiger partial charge is 0.341 e. The van der Waals surface area contributed by atoms with Gasteiger partial charge in [-0.1, -0.05) is 5.16 Å². The van der Waals surface area contributed by atoms with E-state index in [9.17, 15) is 22.0 Å². The molecule has 0 amide bonds. The van der Waals surface area contributed by atoms with E-state index in [1.165, 1.54) is 0 Å². The highest BCUT2D eigenvalue weighted by molar-refractivity contribution is 7.90. The Bertz CT molecular complexity index is 755. The van der Waals surface area contributed by atoms with Crippen molar-refractivity contribution >= 4 is 15.8 Å². The van der Waals surface area contributed by atoms with Crippen molar-refractivity contribution in [3.63, 3.8) is 0 Å². The average Bonchev–Trinajstić information content (AvgIpc) is 2.79. The first-order valence-electron chi connectivity index (χ1n) is 5.15. The topological polar surface area (TPSA) is 97.5 Å². The molecule has 1 aromatic carbocycles. The zero-order valence-electron chi connectivity index (χ0n) is 9.71. The Kier molecular flexibility index (Phi) is 3.53. The second-order valence-electron chi connectivity index (χ2n) is 3.83. The lowest BCUT2D eigenvalue weighted by molar-refractivity contribution is 0.0685. The molecular formula is C11H7F2NO5S. The molecule has 1 N–H and O–H groups in total. The third kappa shape index (κ3) is 2.52. The van der Waals surface area contributed by atoms with Crippen molar-refractivity contribution in [1.82, 2.24) is 5.16 Å². The number of hydrogen-bond acceptors (Lipinski definition) is 5. The van der Waals surface area contributed by atoms with Crippen LogP contribution in [0.2, 0.25) is 0 Å². The van der Waals surface area contributed by atoms with Crippen LogP contribution in [0.1, 0.15) is 15.9 Å². The summed E-state index contributed by atoms with van der Waals surface area (Å²) in [6.07, 6.45) is 2.17. The van der Waals surface area contributed by atoms with Crippen molar-refractivity contribution in [2.45, 2.75) is 10.6 Å². The fourth-order valence-corrected chi connectivity index (χ4v) is 2.95. The van der Waals surface area contributed by atoms with Crippen molar-refractivity contribution < 1.29 is 31.6 Å². The number of benzene rings is 1. The molecule has 0 unspecified atom stereocenters. The molecule has 0 fully saturated rings. The van der Waals surface area contributed by atoms with Gasteiger partial charge < -0.3 is 9.63 Å². The third-order valence-corrected chi connectivity index (χ3v) is 4.14. The van der Waals surface area contributed by atoms with Gasteiger partial charge in [-0.3, -0.25) is 0 Å². The highest BCUT2D eigenvalue weighted by Crippen LogP contribution is 2.24. The summed E-state index contributed by atoms with van der Waals surface area (Å²) in [6, 6.07) is 1.27. The minimum atomic E-state index is -4.19. The van der Waals surface area contributed by atoms with Crippen LogP contribution >= 0.6 is 0 Å². The van der Waals surface area contributed by atoms with E-state index in [1.54, 1.807) is 0 Å². The van der Waals surface area contributed by atoms with E-state index in [0.29, 0.717) is 12.1 Å². The third-order valence-electron chi connectivity index (χ3n) is 2.44. The zero-order chi connectivity index (χ0) is 14.9. The van der Waals surface area contributed by atoms with Gasteiger partial charge in [0.15, 0.2) is 15.7 Å². The summed E-state index contributed by atoms with van der Waals surface area (Å²) in [5.74, 6) is -5.51. The van der Waals surface area contributed by atoms with Crippen LogP contribution in [0.4, 0.5) is 8.78 Å². The molecule has 9 heteroatoms. The van der Waals surface area contributed by atoms with E-state index in [1.807, 2.05) is 0 Å². The van der Waals surface area contributed by atoms with Gasteiger partial charge in [-0.25, -0.2) is 22.0 Å². The van der Waals surface area contributed by atoms with Gasteiger partial charge in [0.1, 0.15) is 22.5 Å². The summed E-state index contributed by atoms with van der Waals surface area (Å²) < 4.78 is 55.5. The van der Waals surface area contributed by atoms with Crippen molar-refractivity contribution in [2.24, 2.45) is 0 Å². The van der Waals surface area contributed by atoms with Crippen LogP contribution in [0.3, 0.4) is 0 Å². The summed E-state index contributed by atoms with van der Waals surface area (Å²) in [6.45, 7) is 0. The normalized spacial score (nSPS) is 11.5. The lowest BCUT2D eigenvalue weighted by Gasteiger charge is -2.07. The summed E-state index contributed by atoms with van der Waals surface area (Å²) in [5, 5.41) is 12.0. The molecular weight excluding hydrogens is 296 g/mol. The van der Waals surface area contributed by atoms with Crippen LogP contribution in [0.5, 0.6) is 0 Å². The second kappa shape index (κ2) is 5.00. The van der Waals surface area contributed by atoms with E-state index >= 15 is 0 Å². The van der Waals surface area contributed by atoms with Crippen LogP contribution in [0, 0.1) is 11.6 Å². The molecule has 0 saturated heterocycles. The van der Waals surface area contributed by atoms with Gasteiger partial charge in [0.05, 0.1) is 11.9 Å². The summed E-state index contributed by atoms with van der Waals surface area (Å²) in [7, 11) is -4.19. The summed E-state index contributed by atoms with van der Waals surface area (Å²) in [5.41, 5.74) is -1.15. The predicted molar refractivity (Wildman–Crippen MR) is 60.7 cm³/mol. The molecule has 6 nitrogen and oxygen atoms in total. The summed E-state index contributed by atoms with van der Waals surface area (Å²) >= 11 is 0. The first-order chi connectivity index (χ1) is 9.33. The Hall–Kier alpha value is -2.29. The van der Waals surface area contributed by atoms with Gasteiger partial charge in [-0.15, -0.1) is 0 Å². The Morgan fingerprint density at radius 1 is 1.35 bits per heavy atom. The molecule has 0 aliphatic rings. The maximum absolute atomic E-state index is 13.9. The average molecular weight is 303 g/mol.